The van der Waals surface area contributed by atoms with Crippen LogP contribution in [0.25, 0.3) is 0 Å². The van der Waals surface area contributed by atoms with E-state index < -0.39 is 5.92 Å². The van der Waals surface area contributed by atoms with E-state index >= 15 is 0 Å². The van der Waals surface area contributed by atoms with Gasteiger partial charge >= 0.3 is 0 Å². The summed E-state index contributed by atoms with van der Waals surface area (Å²) < 4.78 is 0. The zero-order chi connectivity index (χ0) is 14.1. The fourth-order valence-corrected chi connectivity index (χ4v) is 1.54. The number of carbonyl (C=O) groups is 2. The molecule has 0 aromatic heterocycles. The Morgan fingerprint density at radius 3 is 2.39 bits per heavy atom. The molecule has 0 aromatic rings. The van der Waals surface area contributed by atoms with Crippen LogP contribution in [0, 0.1) is 11.8 Å². The number of nitrogens with one attached hydrogen (secondary N) is 2. The van der Waals surface area contributed by atoms with Gasteiger partial charge in [0, 0.05) is 19.5 Å². The number of hydrogen-bond donors (Lipinski definition) is 4. The molecule has 0 aliphatic heterocycles. The molecule has 7 nitrogen and oxygen atoms in total. The highest BCUT2D eigenvalue weighted by atomic mass is 16.4. The zero-order valence-electron chi connectivity index (χ0n) is 11.1. The molecule has 0 aromatic carbocycles. The fraction of sp³-hybridized carbons (Fsp3) is 0.727. The van der Waals surface area contributed by atoms with Crippen LogP contribution >= 0.6 is 0 Å². The van der Waals surface area contributed by atoms with Crippen molar-refractivity contribution < 1.29 is 14.8 Å². The summed E-state index contributed by atoms with van der Waals surface area (Å²) in [5.74, 6) is -1.37. The summed E-state index contributed by atoms with van der Waals surface area (Å²) in [6.45, 7) is 6.21. The van der Waals surface area contributed by atoms with Gasteiger partial charge in [-0.1, -0.05) is 19.0 Å². The third kappa shape index (κ3) is 5.51. The highest BCUT2D eigenvalue weighted by molar-refractivity contribution is 6.02. The maximum atomic E-state index is 11.8. The Morgan fingerprint density at radius 2 is 1.94 bits per heavy atom. The Hall–Kier alpha value is -1.79. The quantitative estimate of drug-likeness (QED) is 0.216. The van der Waals surface area contributed by atoms with Crippen molar-refractivity contribution in [2.24, 2.45) is 22.7 Å². The second-order valence-corrected chi connectivity index (χ2v) is 4.24. The molecule has 18 heavy (non-hydrogen) atoms. The molecule has 0 bridgehead atoms. The lowest BCUT2D eigenvalue weighted by molar-refractivity contribution is -0.124. The molecule has 2 amide bonds. The van der Waals surface area contributed by atoms with E-state index in [2.05, 4.69) is 15.8 Å². The van der Waals surface area contributed by atoms with Crippen LogP contribution in [0.4, 0.5) is 0 Å². The average Bonchev–Trinajstić information content (AvgIpc) is 2.28. The van der Waals surface area contributed by atoms with E-state index in [1.165, 1.54) is 0 Å². The summed E-state index contributed by atoms with van der Waals surface area (Å²) in [6.07, 6.45) is 0.209. The molecule has 0 rings (SSSR count). The van der Waals surface area contributed by atoms with Gasteiger partial charge < -0.3 is 21.6 Å². The van der Waals surface area contributed by atoms with Gasteiger partial charge in [0.1, 0.15) is 5.92 Å². The van der Waals surface area contributed by atoms with Crippen molar-refractivity contribution >= 4 is 17.6 Å². The maximum Gasteiger partial charge on any atom is 0.231 e. The molecule has 0 saturated carbocycles. The van der Waals surface area contributed by atoms with E-state index in [-0.39, 0.29) is 36.5 Å². The lowest BCUT2D eigenvalue weighted by Gasteiger charge is -2.18. The van der Waals surface area contributed by atoms with Gasteiger partial charge in [-0.05, 0) is 12.8 Å². The van der Waals surface area contributed by atoms with Crippen molar-refractivity contribution in [2.75, 3.05) is 13.1 Å². The third-order valence-corrected chi connectivity index (χ3v) is 2.41. The van der Waals surface area contributed by atoms with Crippen LogP contribution < -0.4 is 16.4 Å². The first-order chi connectivity index (χ1) is 8.43. The normalized spacial score (nSPS) is 13.2. The molecule has 5 N–H and O–H groups in total. The lowest BCUT2D eigenvalue weighted by atomic mass is 9.94. The Labute approximate surface area is 107 Å². The number of amides is 2. The van der Waals surface area contributed by atoms with Gasteiger partial charge in [0.2, 0.25) is 11.8 Å². The summed E-state index contributed by atoms with van der Waals surface area (Å²) >= 11 is 0. The van der Waals surface area contributed by atoms with Crippen molar-refractivity contribution in [1.82, 2.24) is 10.6 Å². The number of amidine groups is 1. The van der Waals surface area contributed by atoms with E-state index in [0.717, 1.165) is 0 Å². The Balaban J connectivity index is 4.25. The first-order valence-corrected chi connectivity index (χ1v) is 5.95. The number of carbonyl (C=O) groups excluding carboxylic acids is 2. The third-order valence-electron chi connectivity index (χ3n) is 2.41. The van der Waals surface area contributed by atoms with E-state index in [1.807, 2.05) is 6.92 Å². The summed E-state index contributed by atoms with van der Waals surface area (Å²) in [4.78, 5) is 23.0. The van der Waals surface area contributed by atoms with E-state index in [1.54, 1.807) is 13.8 Å². The van der Waals surface area contributed by atoms with Crippen molar-refractivity contribution in [2.45, 2.75) is 27.2 Å². The molecular weight excluding hydrogens is 236 g/mol. The molecule has 0 aliphatic carbocycles. The van der Waals surface area contributed by atoms with E-state index in [0.29, 0.717) is 6.54 Å². The first kappa shape index (κ1) is 16.2. The van der Waals surface area contributed by atoms with Gasteiger partial charge in [-0.25, -0.2) is 0 Å². The molecule has 104 valence electrons. The molecule has 0 fully saturated rings. The minimum atomic E-state index is -0.691. The minimum absolute atomic E-state index is 0.0923. The minimum Gasteiger partial charge on any atom is -0.409 e. The monoisotopic (exact) mass is 258 g/mol. The second kappa shape index (κ2) is 8.32. The van der Waals surface area contributed by atoms with Crippen LogP contribution in [0.5, 0.6) is 0 Å². The standard InChI is InChI=1S/C11H22N4O3/c1-4-13-8(16)5-6-14-11(17)9(7(2)3)10(12)15-18/h7,9,18H,4-6H2,1-3H3,(H2,12,15)(H,13,16)(H,14,17). The van der Waals surface area contributed by atoms with Crippen molar-refractivity contribution in [3.63, 3.8) is 0 Å². The lowest BCUT2D eigenvalue weighted by Crippen LogP contribution is -2.42. The van der Waals surface area contributed by atoms with Crippen LogP contribution in [-0.4, -0.2) is 35.9 Å². The molecule has 1 unspecified atom stereocenters. The molecule has 1 atom stereocenters. The molecule has 0 aliphatic rings. The van der Waals surface area contributed by atoms with Crippen LogP contribution in [0.3, 0.4) is 0 Å². The summed E-state index contributed by atoms with van der Waals surface area (Å²) in [6, 6.07) is 0. The molecule has 0 radical (unpaired) electrons. The Bertz CT molecular complexity index is 315. The largest absolute Gasteiger partial charge is 0.409 e. The number of nitrogens with zero attached hydrogens (tertiary/aromatic N) is 1. The van der Waals surface area contributed by atoms with Crippen molar-refractivity contribution in [3.8, 4) is 0 Å². The summed E-state index contributed by atoms with van der Waals surface area (Å²) in [5.41, 5.74) is 5.46. The van der Waals surface area contributed by atoms with Gasteiger partial charge in [-0.3, -0.25) is 9.59 Å². The summed E-state index contributed by atoms with van der Waals surface area (Å²) in [5, 5.41) is 16.7. The molecule has 0 heterocycles. The van der Waals surface area contributed by atoms with Crippen molar-refractivity contribution in [1.29, 1.82) is 0 Å². The average molecular weight is 258 g/mol. The van der Waals surface area contributed by atoms with E-state index in [9.17, 15) is 9.59 Å². The number of rotatable bonds is 7. The topological polar surface area (TPSA) is 117 Å². The molecule has 0 saturated heterocycles. The fourth-order valence-electron chi connectivity index (χ4n) is 1.54. The van der Waals surface area contributed by atoms with Crippen LogP contribution in [0.15, 0.2) is 5.16 Å². The highest BCUT2D eigenvalue weighted by Gasteiger charge is 2.26. The number of oxime groups is 1. The van der Waals surface area contributed by atoms with Gasteiger partial charge in [0.05, 0.1) is 0 Å². The number of nitrogens with two attached hydrogens (primary N) is 1. The molecule has 7 heteroatoms. The van der Waals surface area contributed by atoms with Crippen molar-refractivity contribution in [3.05, 3.63) is 0 Å². The predicted octanol–water partition coefficient (Wildman–Crippen LogP) is -0.353. The zero-order valence-corrected chi connectivity index (χ0v) is 11.1. The van der Waals surface area contributed by atoms with E-state index in [4.69, 9.17) is 10.9 Å². The predicted molar refractivity (Wildman–Crippen MR) is 68.0 cm³/mol. The van der Waals surface area contributed by atoms with Crippen LogP contribution in [0.1, 0.15) is 27.2 Å². The number of hydrogen-bond acceptors (Lipinski definition) is 4. The SMILES string of the molecule is CCNC(=O)CCNC(=O)C(C(N)=NO)C(C)C. The van der Waals surface area contributed by atoms with Gasteiger partial charge in [-0.15, -0.1) is 0 Å². The van der Waals surface area contributed by atoms with Gasteiger partial charge in [0.15, 0.2) is 5.84 Å². The van der Waals surface area contributed by atoms with Crippen LogP contribution in [-0.2, 0) is 9.59 Å². The maximum absolute atomic E-state index is 11.8. The first-order valence-electron chi connectivity index (χ1n) is 5.95. The Kier molecular flexibility index (Phi) is 7.50. The summed E-state index contributed by atoms with van der Waals surface area (Å²) in [7, 11) is 0. The van der Waals surface area contributed by atoms with Crippen LogP contribution in [0.2, 0.25) is 0 Å². The second-order valence-electron chi connectivity index (χ2n) is 4.24. The molecular formula is C11H22N4O3. The van der Waals surface area contributed by atoms with Gasteiger partial charge in [0.25, 0.3) is 0 Å². The molecule has 0 spiro atoms. The Morgan fingerprint density at radius 1 is 1.33 bits per heavy atom. The highest BCUT2D eigenvalue weighted by Crippen LogP contribution is 2.11. The smallest absolute Gasteiger partial charge is 0.231 e. The van der Waals surface area contributed by atoms with Gasteiger partial charge in [-0.2, -0.15) is 0 Å².